The minimum atomic E-state index is -0.396. The van der Waals surface area contributed by atoms with E-state index in [1.54, 1.807) is 6.07 Å². The molecular weight excluding hydrogens is 188 g/mol. The Balaban J connectivity index is 2.63. The zero-order chi connectivity index (χ0) is 10.8. The Bertz CT molecular complexity index is 500. The highest BCUT2D eigenvalue weighted by Crippen LogP contribution is 2.22. The second kappa shape index (κ2) is 3.61. The van der Waals surface area contributed by atoms with Crippen molar-refractivity contribution >= 4 is 5.91 Å². The molecule has 2 N–H and O–H groups in total. The fourth-order valence-corrected chi connectivity index (χ4v) is 1.66. The summed E-state index contributed by atoms with van der Waals surface area (Å²) >= 11 is 0. The molecule has 1 heterocycles. The molecule has 3 heteroatoms. The van der Waals surface area contributed by atoms with Crippen LogP contribution in [-0.4, -0.2) is 10.5 Å². The second-order valence-electron chi connectivity index (χ2n) is 3.41. The van der Waals surface area contributed by atoms with Crippen LogP contribution in [0.1, 0.15) is 10.4 Å². The molecule has 3 nitrogen and oxygen atoms in total. The molecule has 0 aliphatic rings. The number of amides is 1. The second-order valence-corrected chi connectivity index (χ2v) is 3.41. The number of nitrogens with zero attached hydrogens (tertiary/aromatic N) is 1. The molecule has 0 saturated carbocycles. The molecule has 0 atom stereocenters. The van der Waals surface area contributed by atoms with Crippen molar-refractivity contribution in [2.24, 2.45) is 12.8 Å². The molecule has 2 rings (SSSR count). The number of primary amides is 1. The molecule has 15 heavy (non-hydrogen) atoms. The van der Waals surface area contributed by atoms with E-state index in [4.69, 9.17) is 5.73 Å². The van der Waals surface area contributed by atoms with Gasteiger partial charge < -0.3 is 10.3 Å². The third kappa shape index (κ3) is 1.64. The van der Waals surface area contributed by atoms with Gasteiger partial charge in [-0.15, -0.1) is 0 Å². The number of carbonyl (C=O) groups excluding carboxylic acids is 1. The number of carbonyl (C=O) groups is 1. The van der Waals surface area contributed by atoms with Gasteiger partial charge in [0.2, 0.25) is 5.91 Å². The number of nitrogens with two attached hydrogens (primary N) is 1. The van der Waals surface area contributed by atoms with Gasteiger partial charge in [-0.1, -0.05) is 18.2 Å². The summed E-state index contributed by atoms with van der Waals surface area (Å²) in [6.45, 7) is 0. The fraction of sp³-hybridized carbons (Fsp3) is 0.0833. The molecule has 0 aliphatic heterocycles. The number of aromatic nitrogens is 1. The number of hydrogen-bond acceptors (Lipinski definition) is 1. The van der Waals surface area contributed by atoms with Gasteiger partial charge in [-0.05, 0) is 18.2 Å². The highest BCUT2D eigenvalue weighted by atomic mass is 16.1. The van der Waals surface area contributed by atoms with Gasteiger partial charge in [0, 0.05) is 30.1 Å². The first-order valence-corrected chi connectivity index (χ1v) is 4.70. The zero-order valence-electron chi connectivity index (χ0n) is 8.47. The van der Waals surface area contributed by atoms with Gasteiger partial charge in [-0.3, -0.25) is 4.79 Å². The summed E-state index contributed by atoms with van der Waals surface area (Å²) in [5.41, 5.74) is 7.74. The third-order valence-electron chi connectivity index (χ3n) is 2.41. The van der Waals surface area contributed by atoms with Crippen LogP contribution in [0.15, 0.2) is 42.6 Å². The van der Waals surface area contributed by atoms with Crippen LogP contribution in [-0.2, 0) is 7.05 Å². The molecule has 0 fully saturated rings. The Morgan fingerprint density at radius 1 is 1.20 bits per heavy atom. The summed E-state index contributed by atoms with van der Waals surface area (Å²) in [5, 5.41) is 0. The quantitative estimate of drug-likeness (QED) is 0.789. The SMILES string of the molecule is Cn1cccc1-c1ccccc1C(N)=O. The van der Waals surface area contributed by atoms with E-state index in [-0.39, 0.29) is 0 Å². The molecule has 76 valence electrons. The topological polar surface area (TPSA) is 48.0 Å². The van der Waals surface area contributed by atoms with Gasteiger partial charge in [0.15, 0.2) is 0 Å². The Kier molecular flexibility index (Phi) is 2.29. The first-order chi connectivity index (χ1) is 7.20. The van der Waals surface area contributed by atoms with E-state index in [9.17, 15) is 4.79 Å². The molecule has 0 saturated heterocycles. The molecule has 0 unspecified atom stereocenters. The number of hydrogen-bond donors (Lipinski definition) is 1. The van der Waals surface area contributed by atoms with Crippen LogP contribution in [0.25, 0.3) is 11.3 Å². The molecule has 0 aliphatic carbocycles. The van der Waals surface area contributed by atoms with Gasteiger partial charge in [0.25, 0.3) is 0 Å². The van der Waals surface area contributed by atoms with Gasteiger partial charge in [-0.2, -0.15) is 0 Å². The van der Waals surface area contributed by atoms with E-state index in [1.807, 2.05) is 48.1 Å². The number of aryl methyl sites for hydroxylation is 1. The van der Waals surface area contributed by atoms with Crippen molar-refractivity contribution in [3.8, 4) is 11.3 Å². The van der Waals surface area contributed by atoms with Crippen molar-refractivity contribution in [1.29, 1.82) is 0 Å². The average molecular weight is 200 g/mol. The summed E-state index contributed by atoms with van der Waals surface area (Å²) in [4.78, 5) is 11.2. The Morgan fingerprint density at radius 2 is 1.93 bits per heavy atom. The Hall–Kier alpha value is -2.03. The summed E-state index contributed by atoms with van der Waals surface area (Å²) in [6.07, 6.45) is 1.94. The monoisotopic (exact) mass is 200 g/mol. The third-order valence-corrected chi connectivity index (χ3v) is 2.41. The van der Waals surface area contributed by atoms with Gasteiger partial charge in [0.1, 0.15) is 0 Å². The molecule has 1 aromatic heterocycles. The van der Waals surface area contributed by atoms with E-state index in [1.165, 1.54) is 0 Å². The molecule has 2 aromatic rings. The van der Waals surface area contributed by atoms with Gasteiger partial charge in [0.05, 0.1) is 0 Å². The first-order valence-electron chi connectivity index (χ1n) is 4.70. The van der Waals surface area contributed by atoms with Gasteiger partial charge in [-0.25, -0.2) is 0 Å². The van der Waals surface area contributed by atoms with Crippen molar-refractivity contribution in [2.75, 3.05) is 0 Å². The molecule has 1 aromatic carbocycles. The lowest BCUT2D eigenvalue weighted by Gasteiger charge is -2.07. The minimum absolute atomic E-state index is 0.396. The zero-order valence-corrected chi connectivity index (χ0v) is 8.47. The highest BCUT2D eigenvalue weighted by molar-refractivity contribution is 5.99. The molecule has 0 radical (unpaired) electrons. The van der Waals surface area contributed by atoms with E-state index >= 15 is 0 Å². The minimum Gasteiger partial charge on any atom is -0.366 e. The number of benzene rings is 1. The van der Waals surface area contributed by atoms with E-state index in [2.05, 4.69) is 0 Å². The predicted octanol–water partition coefficient (Wildman–Crippen LogP) is 1.79. The molecule has 0 bridgehead atoms. The van der Waals surface area contributed by atoms with Crippen LogP contribution in [0.4, 0.5) is 0 Å². The number of rotatable bonds is 2. The lowest BCUT2D eigenvalue weighted by molar-refractivity contribution is 0.100. The maximum absolute atomic E-state index is 11.2. The smallest absolute Gasteiger partial charge is 0.249 e. The molecule has 0 spiro atoms. The molecular formula is C12H12N2O. The lowest BCUT2D eigenvalue weighted by Crippen LogP contribution is -2.12. The largest absolute Gasteiger partial charge is 0.366 e. The van der Waals surface area contributed by atoms with Crippen LogP contribution in [0.5, 0.6) is 0 Å². The van der Waals surface area contributed by atoms with Crippen molar-refractivity contribution < 1.29 is 4.79 Å². The van der Waals surface area contributed by atoms with Crippen molar-refractivity contribution in [2.45, 2.75) is 0 Å². The van der Waals surface area contributed by atoms with Crippen LogP contribution >= 0.6 is 0 Å². The van der Waals surface area contributed by atoms with E-state index in [0.29, 0.717) is 5.56 Å². The van der Waals surface area contributed by atoms with Crippen molar-refractivity contribution in [3.05, 3.63) is 48.2 Å². The average Bonchev–Trinajstić information content (AvgIpc) is 2.64. The lowest BCUT2D eigenvalue weighted by atomic mass is 10.0. The van der Waals surface area contributed by atoms with Crippen molar-refractivity contribution in [3.63, 3.8) is 0 Å². The summed E-state index contributed by atoms with van der Waals surface area (Å²) in [6, 6.07) is 11.2. The maximum Gasteiger partial charge on any atom is 0.249 e. The normalized spacial score (nSPS) is 10.2. The summed E-state index contributed by atoms with van der Waals surface area (Å²) < 4.78 is 1.96. The predicted molar refractivity (Wildman–Crippen MR) is 59.4 cm³/mol. The Morgan fingerprint density at radius 3 is 2.53 bits per heavy atom. The van der Waals surface area contributed by atoms with Crippen LogP contribution in [0.2, 0.25) is 0 Å². The van der Waals surface area contributed by atoms with E-state index < -0.39 is 5.91 Å². The first kappa shape index (κ1) is 9.52. The highest BCUT2D eigenvalue weighted by Gasteiger charge is 2.10. The van der Waals surface area contributed by atoms with Gasteiger partial charge >= 0.3 is 0 Å². The fourth-order valence-electron chi connectivity index (χ4n) is 1.66. The van der Waals surface area contributed by atoms with E-state index in [0.717, 1.165) is 11.3 Å². The summed E-state index contributed by atoms with van der Waals surface area (Å²) in [7, 11) is 1.94. The van der Waals surface area contributed by atoms with Crippen LogP contribution in [0.3, 0.4) is 0 Å². The van der Waals surface area contributed by atoms with Crippen LogP contribution in [0, 0.1) is 0 Å². The van der Waals surface area contributed by atoms with Crippen LogP contribution < -0.4 is 5.73 Å². The summed E-state index contributed by atoms with van der Waals surface area (Å²) in [5.74, 6) is -0.396. The standard InChI is InChI=1S/C12H12N2O/c1-14-8-4-7-11(14)9-5-2-3-6-10(9)12(13)15/h2-8H,1H3,(H2,13,15). The van der Waals surface area contributed by atoms with Crippen molar-refractivity contribution in [1.82, 2.24) is 4.57 Å². The Labute approximate surface area is 88.1 Å². The maximum atomic E-state index is 11.2. The molecule has 1 amide bonds.